The Kier molecular flexibility index (Phi) is 4.89. The third-order valence-corrected chi connectivity index (χ3v) is 4.64. The van der Waals surface area contributed by atoms with Crippen LogP contribution in [-0.4, -0.2) is 32.3 Å². The van der Waals surface area contributed by atoms with Crippen LogP contribution in [0.15, 0.2) is 67.8 Å². The summed E-state index contributed by atoms with van der Waals surface area (Å²) in [6.07, 6.45) is 5.69. The summed E-state index contributed by atoms with van der Waals surface area (Å²) in [4.78, 5) is 13.0. The highest BCUT2D eigenvalue weighted by molar-refractivity contribution is 6.06. The zero-order valence-electron chi connectivity index (χ0n) is 16.1. The van der Waals surface area contributed by atoms with Gasteiger partial charge in [-0.05, 0) is 30.3 Å². The summed E-state index contributed by atoms with van der Waals surface area (Å²) in [5, 5.41) is 10.5. The highest BCUT2D eigenvalue weighted by Gasteiger charge is 2.19. The van der Waals surface area contributed by atoms with Crippen molar-refractivity contribution < 1.29 is 9.13 Å². The first kappa shape index (κ1) is 19.1. The summed E-state index contributed by atoms with van der Waals surface area (Å²) in [5.41, 5.74) is 8.23. The number of nitrogens with zero attached hydrogens (tertiary/aromatic N) is 5. The second-order valence-electron chi connectivity index (χ2n) is 6.28. The second kappa shape index (κ2) is 7.67. The van der Waals surface area contributed by atoms with Crippen LogP contribution in [0.25, 0.3) is 38.6 Å². The average Bonchev–Trinajstić information content (AvgIpc) is 2.78. The normalized spacial score (nSPS) is 11.9. The summed E-state index contributed by atoms with van der Waals surface area (Å²) in [5.74, 6) is -0.0140. The Bertz CT molecular complexity index is 1350. The minimum Gasteiger partial charge on any atom is -0.479 e. The molecule has 0 saturated carbocycles. The topological polar surface area (TPSA) is 99.7 Å². The van der Waals surface area contributed by atoms with E-state index in [1.54, 1.807) is 30.6 Å². The van der Waals surface area contributed by atoms with E-state index in [0.717, 1.165) is 11.5 Å². The quantitative estimate of drug-likeness (QED) is 0.499. The van der Waals surface area contributed by atoms with Crippen molar-refractivity contribution in [3.8, 4) is 17.1 Å². The first-order valence-electron chi connectivity index (χ1n) is 8.95. The number of hydrogen-bond donors (Lipinski definition) is 1. The molecule has 0 atom stereocenters. The predicted octanol–water partition coefficient (Wildman–Crippen LogP) is 4.28. The number of ether oxygens (including phenoxy) is 1. The number of methoxy groups -OCH3 is 1. The zero-order chi connectivity index (χ0) is 21.3. The highest BCUT2D eigenvalue weighted by Crippen LogP contribution is 2.37. The predicted molar refractivity (Wildman–Crippen MR) is 115 cm³/mol. The number of nitrogens with two attached hydrogens (primary N) is 1. The van der Waals surface area contributed by atoms with Gasteiger partial charge in [-0.3, -0.25) is 0 Å². The fourth-order valence-electron chi connectivity index (χ4n) is 3.27. The molecule has 0 aliphatic carbocycles. The van der Waals surface area contributed by atoms with Crippen molar-refractivity contribution in [1.29, 1.82) is 0 Å². The van der Waals surface area contributed by atoms with Crippen molar-refractivity contribution in [2.24, 2.45) is 0 Å². The number of pyridine rings is 3. The van der Waals surface area contributed by atoms with Crippen LogP contribution in [0.5, 0.6) is 5.88 Å². The standard InChI is InChI=1S/C22H17FN6O/c1-4-12(16(23)5-2)17-11-15(13-7-6-9-26-21(13)27-17)19-14-8-10-25-20(24)18(14)22(30-3)29-28-19/h4-11H,1-2H2,3H3,(H2,24,25)/b16-12-. The molecule has 0 aromatic carbocycles. The van der Waals surface area contributed by atoms with Crippen LogP contribution in [0.3, 0.4) is 0 Å². The van der Waals surface area contributed by atoms with E-state index in [2.05, 4.69) is 38.3 Å². The molecule has 0 aliphatic rings. The van der Waals surface area contributed by atoms with E-state index >= 15 is 0 Å². The molecule has 7 nitrogen and oxygen atoms in total. The lowest BCUT2D eigenvalue weighted by molar-refractivity contribution is 0.398. The summed E-state index contributed by atoms with van der Waals surface area (Å²) >= 11 is 0. The van der Waals surface area contributed by atoms with Gasteiger partial charge >= 0.3 is 0 Å². The molecule has 0 saturated heterocycles. The Morgan fingerprint density at radius 1 is 1.10 bits per heavy atom. The summed E-state index contributed by atoms with van der Waals surface area (Å²) in [7, 11) is 1.48. The van der Waals surface area contributed by atoms with Gasteiger partial charge in [0.05, 0.1) is 18.2 Å². The number of rotatable bonds is 5. The largest absolute Gasteiger partial charge is 0.479 e. The number of hydrogen-bond acceptors (Lipinski definition) is 7. The van der Waals surface area contributed by atoms with E-state index in [1.165, 1.54) is 13.2 Å². The van der Waals surface area contributed by atoms with E-state index in [1.807, 2.05) is 6.07 Å². The van der Waals surface area contributed by atoms with Gasteiger partial charge in [-0.2, -0.15) is 0 Å². The number of nitrogen functional groups attached to an aromatic ring is 1. The Morgan fingerprint density at radius 3 is 2.67 bits per heavy atom. The van der Waals surface area contributed by atoms with E-state index in [-0.39, 0.29) is 17.3 Å². The maximum Gasteiger partial charge on any atom is 0.244 e. The first-order chi connectivity index (χ1) is 14.6. The molecule has 4 aromatic heterocycles. The number of aromatic nitrogens is 5. The van der Waals surface area contributed by atoms with Crippen LogP contribution in [-0.2, 0) is 0 Å². The van der Waals surface area contributed by atoms with Gasteiger partial charge < -0.3 is 10.5 Å². The molecule has 2 N–H and O–H groups in total. The summed E-state index contributed by atoms with van der Waals surface area (Å²) in [6.45, 7) is 7.18. The van der Waals surface area contributed by atoms with Gasteiger partial charge in [-0.15, -0.1) is 10.2 Å². The summed E-state index contributed by atoms with van der Waals surface area (Å²) in [6, 6.07) is 7.14. The van der Waals surface area contributed by atoms with Crippen LogP contribution in [0.2, 0.25) is 0 Å². The summed E-state index contributed by atoms with van der Waals surface area (Å²) < 4.78 is 19.7. The number of fused-ring (bicyclic) bond motifs is 2. The molecule has 0 radical (unpaired) electrons. The molecule has 30 heavy (non-hydrogen) atoms. The second-order valence-corrected chi connectivity index (χ2v) is 6.28. The van der Waals surface area contributed by atoms with Crippen LogP contribution in [0, 0.1) is 0 Å². The van der Waals surface area contributed by atoms with Crippen molar-refractivity contribution in [1.82, 2.24) is 25.1 Å². The van der Waals surface area contributed by atoms with Crippen LogP contribution in [0.4, 0.5) is 10.2 Å². The van der Waals surface area contributed by atoms with E-state index in [0.29, 0.717) is 33.4 Å². The molecule has 0 spiro atoms. The third kappa shape index (κ3) is 3.04. The third-order valence-electron chi connectivity index (χ3n) is 4.64. The number of halogens is 1. The molecule has 0 aliphatic heterocycles. The Hall–Kier alpha value is -4.20. The maximum atomic E-state index is 14.4. The van der Waals surface area contributed by atoms with E-state index in [9.17, 15) is 4.39 Å². The first-order valence-corrected chi connectivity index (χ1v) is 8.95. The molecule has 4 aromatic rings. The van der Waals surface area contributed by atoms with Crippen LogP contribution >= 0.6 is 0 Å². The number of allylic oxidation sites excluding steroid dienone is 4. The van der Waals surface area contributed by atoms with Gasteiger partial charge in [0, 0.05) is 34.3 Å². The lowest BCUT2D eigenvalue weighted by atomic mass is 10.00. The lowest BCUT2D eigenvalue weighted by Crippen LogP contribution is -2.01. The molecule has 0 amide bonds. The van der Waals surface area contributed by atoms with Crippen molar-refractivity contribution in [3.63, 3.8) is 0 Å². The van der Waals surface area contributed by atoms with Gasteiger partial charge in [0.2, 0.25) is 5.88 Å². The maximum absolute atomic E-state index is 14.4. The molecule has 8 heteroatoms. The Balaban J connectivity index is 2.13. The Morgan fingerprint density at radius 2 is 1.93 bits per heavy atom. The molecule has 148 valence electrons. The van der Waals surface area contributed by atoms with Crippen molar-refractivity contribution in [2.75, 3.05) is 12.8 Å². The zero-order valence-corrected chi connectivity index (χ0v) is 16.1. The van der Waals surface area contributed by atoms with Gasteiger partial charge in [-0.25, -0.2) is 19.3 Å². The van der Waals surface area contributed by atoms with Gasteiger partial charge in [0.15, 0.2) is 5.65 Å². The van der Waals surface area contributed by atoms with Crippen molar-refractivity contribution in [2.45, 2.75) is 0 Å². The van der Waals surface area contributed by atoms with Gasteiger partial charge in [-0.1, -0.05) is 19.2 Å². The molecule has 0 bridgehead atoms. The van der Waals surface area contributed by atoms with E-state index in [4.69, 9.17) is 10.5 Å². The Labute approximate surface area is 171 Å². The lowest BCUT2D eigenvalue weighted by Gasteiger charge is -2.13. The molecule has 4 rings (SSSR count). The monoisotopic (exact) mass is 400 g/mol. The minimum atomic E-state index is -0.544. The number of anilines is 1. The molecular weight excluding hydrogens is 383 g/mol. The molecule has 0 fully saturated rings. The minimum absolute atomic E-state index is 0.200. The van der Waals surface area contributed by atoms with Gasteiger partial charge in [0.25, 0.3) is 0 Å². The van der Waals surface area contributed by atoms with Crippen LogP contribution in [0.1, 0.15) is 5.69 Å². The fraction of sp³-hybridized carbons (Fsp3) is 0.0455. The fourth-order valence-corrected chi connectivity index (χ4v) is 3.27. The average molecular weight is 400 g/mol. The molecule has 4 heterocycles. The van der Waals surface area contributed by atoms with E-state index < -0.39 is 5.83 Å². The smallest absolute Gasteiger partial charge is 0.244 e. The van der Waals surface area contributed by atoms with Crippen molar-refractivity contribution in [3.05, 3.63) is 73.5 Å². The van der Waals surface area contributed by atoms with Crippen LogP contribution < -0.4 is 10.5 Å². The highest BCUT2D eigenvalue weighted by atomic mass is 19.1. The molecule has 0 unspecified atom stereocenters. The van der Waals surface area contributed by atoms with Gasteiger partial charge in [0.1, 0.15) is 17.3 Å². The molecular formula is C22H17FN6O. The van der Waals surface area contributed by atoms with Crippen molar-refractivity contribution >= 4 is 33.2 Å². The SMILES string of the molecule is C=C/C(F)=C(\C=C)c1cc(-c2nnc(OC)c3c(N)nccc23)c2cccnc2n1.